The molecule has 4 aromatic rings. The highest BCUT2D eigenvalue weighted by Gasteiger charge is 2.11. The Bertz CT molecular complexity index is 1320. The van der Waals surface area contributed by atoms with E-state index < -0.39 is 0 Å². The van der Waals surface area contributed by atoms with Gasteiger partial charge < -0.3 is 14.8 Å². The zero-order valence-electron chi connectivity index (χ0n) is 20.1. The van der Waals surface area contributed by atoms with Crippen molar-refractivity contribution in [3.8, 4) is 17.2 Å². The van der Waals surface area contributed by atoms with E-state index in [1.54, 1.807) is 19.5 Å². The van der Waals surface area contributed by atoms with Crippen LogP contribution in [0.5, 0.6) is 11.5 Å². The summed E-state index contributed by atoms with van der Waals surface area (Å²) in [4.78, 5) is 16.5. The predicted octanol–water partition coefficient (Wildman–Crippen LogP) is 4.80. The number of nitrogens with zero attached hydrogens (tertiary/aromatic N) is 3. The fraction of sp³-hybridized carbons (Fsp3) is 0.179. The van der Waals surface area contributed by atoms with Crippen molar-refractivity contribution in [2.45, 2.75) is 27.0 Å². The number of methoxy groups -OCH3 is 1. The number of ether oxygens (including phenoxy) is 2. The Morgan fingerprint density at radius 3 is 2.51 bits per heavy atom. The third kappa shape index (κ3) is 5.95. The molecule has 0 unspecified atom stereocenters. The van der Waals surface area contributed by atoms with Crippen LogP contribution in [0.25, 0.3) is 11.8 Å². The van der Waals surface area contributed by atoms with Gasteiger partial charge in [-0.05, 0) is 67.4 Å². The van der Waals surface area contributed by atoms with Crippen LogP contribution in [0.1, 0.15) is 28.1 Å². The second-order valence-electron chi connectivity index (χ2n) is 8.01. The summed E-state index contributed by atoms with van der Waals surface area (Å²) in [5.41, 5.74) is 5.68. The highest BCUT2D eigenvalue weighted by Crippen LogP contribution is 2.29. The summed E-state index contributed by atoms with van der Waals surface area (Å²) in [6.45, 7) is 4.72. The van der Waals surface area contributed by atoms with E-state index in [0.717, 1.165) is 33.8 Å². The van der Waals surface area contributed by atoms with E-state index in [1.165, 1.54) is 6.08 Å². The number of rotatable bonds is 9. The average molecular weight is 469 g/mol. The molecule has 0 saturated heterocycles. The second kappa shape index (κ2) is 11.2. The van der Waals surface area contributed by atoms with Gasteiger partial charge in [0, 0.05) is 36.3 Å². The van der Waals surface area contributed by atoms with Crippen LogP contribution in [0.15, 0.2) is 79.1 Å². The van der Waals surface area contributed by atoms with Crippen LogP contribution in [0, 0.1) is 13.8 Å². The van der Waals surface area contributed by atoms with Gasteiger partial charge in [-0.15, -0.1) is 0 Å². The molecule has 2 aromatic carbocycles. The van der Waals surface area contributed by atoms with Gasteiger partial charge in [-0.25, -0.2) is 4.68 Å². The first-order chi connectivity index (χ1) is 17.0. The molecule has 0 aliphatic carbocycles. The smallest absolute Gasteiger partial charge is 0.244 e. The monoisotopic (exact) mass is 468 g/mol. The summed E-state index contributed by atoms with van der Waals surface area (Å²) in [6, 6.07) is 19.4. The van der Waals surface area contributed by atoms with Crippen LogP contribution in [0.2, 0.25) is 0 Å². The lowest BCUT2D eigenvalue weighted by Crippen LogP contribution is -2.20. The molecule has 0 aliphatic rings. The van der Waals surface area contributed by atoms with E-state index >= 15 is 0 Å². The number of hydrogen-bond acceptors (Lipinski definition) is 5. The minimum atomic E-state index is -0.187. The Kier molecular flexibility index (Phi) is 7.57. The van der Waals surface area contributed by atoms with Gasteiger partial charge in [0.05, 0.1) is 18.5 Å². The molecule has 0 atom stereocenters. The number of amides is 1. The minimum absolute atomic E-state index is 0.187. The third-order valence-corrected chi connectivity index (χ3v) is 5.59. The zero-order chi connectivity index (χ0) is 24.6. The Hall–Kier alpha value is -4.39. The standard InChI is InChI=1S/C28H28N4O3/c1-20-25(21(2)32(31-20)24-7-5-4-6-8-24)10-12-28(33)30-18-23-9-11-26(27(17-23)34-3)35-19-22-13-15-29-16-14-22/h4-17H,18-19H2,1-3H3,(H,30,33)/b12-10+. The summed E-state index contributed by atoms with van der Waals surface area (Å²) >= 11 is 0. The van der Waals surface area contributed by atoms with Crippen LogP contribution >= 0.6 is 0 Å². The fourth-order valence-electron chi connectivity index (χ4n) is 3.70. The number of para-hydroxylation sites is 1. The van der Waals surface area contributed by atoms with E-state index in [0.29, 0.717) is 24.7 Å². The summed E-state index contributed by atoms with van der Waals surface area (Å²) in [5, 5.41) is 7.54. The highest BCUT2D eigenvalue weighted by molar-refractivity contribution is 5.92. The van der Waals surface area contributed by atoms with Gasteiger partial charge in [-0.1, -0.05) is 24.3 Å². The molecule has 0 bridgehead atoms. The highest BCUT2D eigenvalue weighted by atomic mass is 16.5. The first kappa shape index (κ1) is 23.8. The summed E-state index contributed by atoms with van der Waals surface area (Å²) in [7, 11) is 1.60. The summed E-state index contributed by atoms with van der Waals surface area (Å²) < 4.78 is 13.2. The molecule has 178 valence electrons. The van der Waals surface area contributed by atoms with Gasteiger partial charge in [0.25, 0.3) is 0 Å². The zero-order valence-corrected chi connectivity index (χ0v) is 20.1. The minimum Gasteiger partial charge on any atom is -0.493 e. The molecular formula is C28H28N4O3. The van der Waals surface area contributed by atoms with Crippen molar-refractivity contribution in [2.75, 3.05) is 7.11 Å². The Morgan fingerprint density at radius 1 is 1.00 bits per heavy atom. The van der Waals surface area contributed by atoms with Crippen molar-refractivity contribution in [1.82, 2.24) is 20.1 Å². The largest absolute Gasteiger partial charge is 0.493 e. The molecule has 1 amide bonds. The maximum absolute atomic E-state index is 12.5. The molecule has 0 saturated carbocycles. The molecule has 0 fully saturated rings. The molecule has 1 N–H and O–H groups in total. The van der Waals surface area contributed by atoms with E-state index in [-0.39, 0.29) is 5.91 Å². The molecule has 35 heavy (non-hydrogen) atoms. The lowest BCUT2D eigenvalue weighted by Gasteiger charge is -2.12. The number of carbonyl (C=O) groups is 1. The van der Waals surface area contributed by atoms with Gasteiger partial charge >= 0.3 is 0 Å². The van der Waals surface area contributed by atoms with Crippen molar-refractivity contribution < 1.29 is 14.3 Å². The van der Waals surface area contributed by atoms with Crippen molar-refractivity contribution in [1.29, 1.82) is 0 Å². The first-order valence-corrected chi connectivity index (χ1v) is 11.3. The van der Waals surface area contributed by atoms with Crippen molar-refractivity contribution in [3.05, 3.63) is 107 Å². The lowest BCUT2D eigenvalue weighted by atomic mass is 10.1. The predicted molar refractivity (Wildman–Crippen MR) is 135 cm³/mol. The van der Waals surface area contributed by atoms with Crippen molar-refractivity contribution in [2.24, 2.45) is 0 Å². The van der Waals surface area contributed by atoms with Gasteiger partial charge in [0.2, 0.25) is 5.91 Å². The number of hydrogen-bond donors (Lipinski definition) is 1. The maximum atomic E-state index is 12.5. The van der Waals surface area contributed by atoms with Crippen LogP contribution in [-0.4, -0.2) is 27.8 Å². The van der Waals surface area contributed by atoms with Crippen LogP contribution < -0.4 is 14.8 Å². The number of carbonyl (C=O) groups excluding carboxylic acids is 1. The normalized spacial score (nSPS) is 10.9. The number of aromatic nitrogens is 3. The van der Waals surface area contributed by atoms with Gasteiger partial charge in [-0.2, -0.15) is 5.10 Å². The summed E-state index contributed by atoms with van der Waals surface area (Å²) in [5.74, 6) is 1.06. The molecule has 7 nitrogen and oxygen atoms in total. The van der Waals surface area contributed by atoms with Crippen molar-refractivity contribution >= 4 is 12.0 Å². The number of nitrogens with one attached hydrogen (secondary N) is 1. The average Bonchev–Trinajstić information content (AvgIpc) is 3.19. The van der Waals surface area contributed by atoms with Crippen molar-refractivity contribution in [3.63, 3.8) is 0 Å². The molecule has 2 aromatic heterocycles. The van der Waals surface area contributed by atoms with E-state index in [1.807, 2.05) is 85.3 Å². The summed E-state index contributed by atoms with van der Waals surface area (Å²) in [6.07, 6.45) is 6.81. The van der Waals surface area contributed by atoms with Crippen LogP contribution in [0.3, 0.4) is 0 Å². The molecule has 2 heterocycles. The third-order valence-electron chi connectivity index (χ3n) is 5.59. The van der Waals surface area contributed by atoms with Crippen LogP contribution in [-0.2, 0) is 17.9 Å². The van der Waals surface area contributed by atoms with E-state index in [9.17, 15) is 4.79 Å². The quantitative estimate of drug-likeness (QED) is 0.357. The molecule has 0 radical (unpaired) electrons. The van der Waals surface area contributed by atoms with Crippen LogP contribution in [0.4, 0.5) is 0 Å². The maximum Gasteiger partial charge on any atom is 0.244 e. The van der Waals surface area contributed by atoms with Gasteiger partial charge in [0.1, 0.15) is 6.61 Å². The fourth-order valence-corrected chi connectivity index (χ4v) is 3.70. The molecule has 4 rings (SSSR count). The van der Waals surface area contributed by atoms with Gasteiger partial charge in [0.15, 0.2) is 11.5 Å². The number of benzene rings is 2. The lowest BCUT2D eigenvalue weighted by molar-refractivity contribution is -0.116. The molecule has 0 aliphatic heterocycles. The van der Waals surface area contributed by atoms with E-state index in [2.05, 4.69) is 15.4 Å². The first-order valence-electron chi connectivity index (χ1n) is 11.3. The Balaban J connectivity index is 1.37. The number of aryl methyl sites for hydroxylation is 1. The molecular weight excluding hydrogens is 440 g/mol. The van der Waals surface area contributed by atoms with Gasteiger partial charge in [-0.3, -0.25) is 9.78 Å². The number of pyridine rings is 1. The SMILES string of the molecule is COc1cc(CNC(=O)/C=C/c2c(C)nn(-c3ccccc3)c2C)ccc1OCc1ccncc1. The molecule has 0 spiro atoms. The second-order valence-corrected chi connectivity index (χ2v) is 8.01. The Labute approximate surface area is 205 Å². The van der Waals surface area contributed by atoms with E-state index in [4.69, 9.17) is 9.47 Å². The Morgan fingerprint density at radius 2 is 1.77 bits per heavy atom. The topological polar surface area (TPSA) is 78.3 Å². The molecule has 7 heteroatoms.